The van der Waals surface area contributed by atoms with E-state index in [0.29, 0.717) is 29.0 Å². The molecule has 2 aromatic heterocycles. The summed E-state index contributed by atoms with van der Waals surface area (Å²) in [6.07, 6.45) is 1.51. The van der Waals surface area contributed by atoms with E-state index in [0.717, 1.165) is 0 Å². The first-order chi connectivity index (χ1) is 10.6. The summed E-state index contributed by atoms with van der Waals surface area (Å²) in [6, 6.07) is 10.7. The first kappa shape index (κ1) is 14.1. The molecule has 5 heteroatoms. The number of pyridine rings is 1. The van der Waals surface area contributed by atoms with Gasteiger partial charge in [-0.15, -0.1) is 0 Å². The molecule has 1 N–H and O–H groups in total. The molecule has 0 unspecified atom stereocenters. The molecule has 3 rings (SSSR count). The quantitative estimate of drug-likeness (QED) is 0.753. The molecule has 1 aromatic carbocycles. The van der Waals surface area contributed by atoms with Gasteiger partial charge in [-0.1, -0.05) is 12.1 Å². The number of furan rings is 1. The third-order valence-electron chi connectivity index (χ3n) is 3.61. The van der Waals surface area contributed by atoms with Crippen LogP contribution in [0.4, 0.5) is 5.88 Å². The maximum Gasteiger partial charge on any atom is 0.263 e. The largest absolute Gasteiger partial charge is 0.506 e. The first-order valence-corrected chi connectivity index (χ1v) is 7.07. The van der Waals surface area contributed by atoms with Gasteiger partial charge in [0.1, 0.15) is 11.3 Å². The van der Waals surface area contributed by atoms with Crippen molar-refractivity contribution in [1.82, 2.24) is 4.57 Å². The monoisotopic (exact) mass is 296 g/mol. The van der Waals surface area contributed by atoms with E-state index in [1.807, 2.05) is 25.1 Å². The molecule has 0 saturated heterocycles. The van der Waals surface area contributed by atoms with Crippen molar-refractivity contribution in [2.24, 2.45) is 4.99 Å². The van der Waals surface area contributed by atoms with Crippen molar-refractivity contribution in [1.29, 1.82) is 0 Å². The van der Waals surface area contributed by atoms with Crippen molar-refractivity contribution >= 4 is 22.5 Å². The van der Waals surface area contributed by atoms with Crippen molar-refractivity contribution in [3.05, 3.63) is 58.6 Å². The van der Waals surface area contributed by atoms with Gasteiger partial charge >= 0.3 is 0 Å². The number of aromatic nitrogens is 1. The maximum absolute atomic E-state index is 12.7. The van der Waals surface area contributed by atoms with E-state index in [9.17, 15) is 9.90 Å². The lowest BCUT2D eigenvalue weighted by atomic mass is 10.1. The standard InChI is InChI=1S/C17H16N2O3/c1-3-19-13-8-5-4-7-12(13)16(20)15(17(19)21)11(2)18-14-9-6-10-22-14/h4-10,20H,3H2,1-2H3. The Kier molecular flexibility index (Phi) is 3.55. The number of benzene rings is 1. The number of aryl methyl sites for hydroxylation is 1. The lowest BCUT2D eigenvalue weighted by molar-refractivity contribution is 0.477. The highest BCUT2D eigenvalue weighted by molar-refractivity contribution is 6.06. The Bertz CT molecular complexity index is 906. The molecular weight excluding hydrogens is 280 g/mol. The van der Waals surface area contributed by atoms with Crippen molar-refractivity contribution < 1.29 is 9.52 Å². The molecule has 5 nitrogen and oxygen atoms in total. The van der Waals surface area contributed by atoms with E-state index in [-0.39, 0.29) is 16.9 Å². The minimum absolute atomic E-state index is 0.0434. The van der Waals surface area contributed by atoms with Crippen molar-refractivity contribution in [3.63, 3.8) is 0 Å². The Morgan fingerprint density at radius 2 is 2.05 bits per heavy atom. The van der Waals surface area contributed by atoms with E-state index in [1.54, 1.807) is 29.7 Å². The molecule has 0 aliphatic rings. The summed E-state index contributed by atoms with van der Waals surface area (Å²) in [7, 11) is 0. The lowest BCUT2D eigenvalue weighted by Crippen LogP contribution is -2.25. The summed E-state index contributed by atoms with van der Waals surface area (Å²) in [5.41, 5.74) is 1.08. The zero-order valence-corrected chi connectivity index (χ0v) is 12.4. The first-order valence-electron chi connectivity index (χ1n) is 7.07. The van der Waals surface area contributed by atoms with E-state index in [2.05, 4.69) is 4.99 Å². The molecule has 0 saturated carbocycles. The maximum atomic E-state index is 12.7. The Labute approximate surface area is 127 Å². The Morgan fingerprint density at radius 3 is 2.73 bits per heavy atom. The highest BCUT2D eigenvalue weighted by Gasteiger charge is 2.17. The number of rotatable bonds is 3. The molecule has 0 aliphatic heterocycles. The van der Waals surface area contributed by atoms with Crippen LogP contribution in [0.3, 0.4) is 0 Å². The fraction of sp³-hybridized carbons (Fsp3) is 0.176. The second-order valence-electron chi connectivity index (χ2n) is 4.94. The van der Waals surface area contributed by atoms with Gasteiger partial charge in [0, 0.05) is 18.0 Å². The summed E-state index contributed by atoms with van der Waals surface area (Å²) in [5, 5.41) is 11.2. The van der Waals surface area contributed by atoms with Crippen LogP contribution >= 0.6 is 0 Å². The average molecular weight is 296 g/mol. The molecule has 2 heterocycles. The van der Waals surface area contributed by atoms with Gasteiger partial charge in [-0.2, -0.15) is 0 Å². The smallest absolute Gasteiger partial charge is 0.263 e. The predicted octanol–water partition coefficient (Wildman–Crippen LogP) is 3.46. The average Bonchev–Trinajstić information content (AvgIpc) is 3.01. The second-order valence-corrected chi connectivity index (χ2v) is 4.94. The topological polar surface area (TPSA) is 67.7 Å². The Morgan fingerprint density at radius 1 is 1.27 bits per heavy atom. The zero-order chi connectivity index (χ0) is 15.7. The third kappa shape index (κ3) is 2.20. The number of fused-ring (bicyclic) bond motifs is 1. The number of hydrogen-bond donors (Lipinski definition) is 1. The number of para-hydroxylation sites is 1. The van der Waals surface area contributed by atoms with E-state index in [1.165, 1.54) is 6.26 Å². The highest BCUT2D eigenvalue weighted by Crippen LogP contribution is 2.27. The van der Waals surface area contributed by atoms with Gasteiger partial charge < -0.3 is 14.1 Å². The van der Waals surface area contributed by atoms with Crippen LogP contribution in [-0.2, 0) is 6.54 Å². The Hall–Kier alpha value is -2.82. The molecule has 0 aliphatic carbocycles. The van der Waals surface area contributed by atoms with Crippen LogP contribution in [0.5, 0.6) is 5.75 Å². The van der Waals surface area contributed by atoms with Crippen LogP contribution in [0.1, 0.15) is 19.4 Å². The second kappa shape index (κ2) is 5.52. The van der Waals surface area contributed by atoms with Crippen molar-refractivity contribution in [2.45, 2.75) is 20.4 Å². The Balaban J connectivity index is 2.33. The van der Waals surface area contributed by atoms with Crippen LogP contribution in [0.15, 0.2) is 56.9 Å². The minimum atomic E-state index is -0.258. The van der Waals surface area contributed by atoms with Gasteiger partial charge in [0.05, 0.1) is 17.5 Å². The summed E-state index contributed by atoms with van der Waals surface area (Å²) >= 11 is 0. The van der Waals surface area contributed by atoms with Crippen LogP contribution in [0, 0.1) is 0 Å². The van der Waals surface area contributed by atoms with Crippen LogP contribution in [-0.4, -0.2) is 15.4 Å². The molecule has 0 atom stereocenters. The van der Waals surface area contributed by atoms with Gasteiger partial charge in [-0.05, 0) is 32.0 Å². The highest BCUT2D eigenvalue weighted by atomic mass is 16.3. The summed E-state index contributed by atoms with van der Waals surface area (Å²) in [4.78, 5) is 17.0. The molecule has 0 bridgehead atoms. The van der Waals surface area contributed by atoms with Crippen molar-refractivity contribution in [3.8, 4) is 5.75 Å². The van der Waals surface area contributed by atoms with Crippen LogP contribution in [0.2, 0.25) is 0 Å². The number of aromatic hydroxyl groups is 1. The molecule has 112 valence electrons. The van der Waals surface area contributed by atoms with Gasteiger partial charge in [0.15, 0.2) is 0 Å². The minimum Gasteiger partial charge on any atom is -0.506 e. The fourth-order valence-corrected chi connectivity index (χ4v) is 2.58. The lowest BCUT2D eigenvalue weighted by Gasteiger charge is -2.13. The molecule has 3 aromatic rings. The van der Waals surface area contributed by atoms with Gasteiger partial charge in [0.2, 0.25) is 5.88 Å². The SMILES string of the molecule is CCn1c(=O)c(C(C)=Nc2ccco2)c(O)c2ccccc21. The number of hydrogen-bond acceptors (Lipinski definition) is 4. The van der Waals surface area contributed by atoms with Crippen molar-refractivity contribution in [2.75, 3.05) is 0 Å². The molecule has 22 heavy (non-hydrogen) atoms. The van der Waals surface area contributed by atoms with Gasteiger partial charge in [0.25, 0.3) is 5.56 Å². The normalized spacial score (nSPS) is 12.0. The molecule has 0 spiro atoms. The van der Waals surface area contributed by atoms with Crippen LogP contribution in [0.25, 0.3) is 10.9 Å². The molecule has 0 fully saturated rings. The molecule has 0 amide bonds. The summed E-state index contributed by atoms with van der Waals surface area (Å²) in [6.45, 7) is 4.10. The molecular formula is C17H16N2O3. The van der Waals surface area contributed by atoms with E-state index in [4.69, 9.17) is 4.42 Å². The predicted molar refractivity (Wildman–Crippen MR) is 86.1 cm³/mol. The third-order valence-corrected chi connectivity index (χ3v) is 3.61. The number of nitrogens with zero attached hydrogens (tertiary/aromatic N) is 2. The van der Waals surface area contributed by atoms with E-state index < -0.39 is 0 Å². The summed E-state index contributed by atoms with van der Waals surface area (Å²) < 4.78 is 6.80. The number of aliphatic imine (C=N–C) groups is 1. The molecule has 0 radical (unpaired) electrons. The zero-order valence-electron chi connectivity index (χ0n) is 12.4. The fourth-order valence-electron chi connectivity index (χ4n) is 2.58. The van der Waals surface area contributed by atoms with Gasteiger partial charge in [-0.25, -0.2) is 4.99 Å². The van der Waals surface area contributed by atoms with Crippen LogP contribution < -0.4 is 5.56 Å². The van der Waals surface area contributed by atoms with Gasteiger partial charge in [-0.3, -0.25) is 4.79 Å². The summed E-state index contributed by atoms with van der Waals surface area (Å²) in [5.74, 6) is 0.352. The van der Waals surface area contributed by atoms with E-state index >= 15 is 0 Å².